The fraction of sp³-hybridized carbons (Fsp3) is 0.364. The lowest BCUT2D eigenvalue weighted by molar-refractivity contribution is -0.149. The van der Waals surface area contributed by atoms with Crippen LogP contribution in [0.4, 0.5) is 10.1 Å². The summed E-state index contributed by atoms with van der Waals surface area (Å²) in [6.07, 6.45) is -1.96. The van der Waals surface area contributed by atoms with Crippen molar-refractivity contribution in [3.8, 4) is 0 Å². The average molecular weight is 297 g/mol. The van der Waals surface area contributed by atoms with Crippen LogP contribution in [0, 0.1) is 0 Å². The molecule has 4 nitrogen and oxygen atoms in total. The van der Waals surface area contributed by atoms with Crippen LogP contribution < -0.4 is 11.5 Å². The lowest BCUT2D eigenvalue weighted by Crippen LogP contribution is -2.32. The number of rotatable bonds is 4. The second-order valence-electron chi connectivity index (χ2n) is 3.45. The molecule has 0 saturated heterocycles. The van der Waals surface area contributed by atoms with Gasteiger partial charge in [0, 0.05) is 10.7 Å². The van der Waals surface area contributed by atoms with E-state index in [1.165, 1.54) is 12.1 Å². The number of carbonyl (C=O) groups excluding carboxylic acids is 1. The molecule has 102 valence electrons. The van der Waals surface area contributed by atoms with E-state index in [4.69, 9.17) is 23.1 Å². The van der Waals surface area contributed by atoms with Gasteiger partial charge in [0.2, 0.25) is 6.17 Å². The number of hydrogen-bond donors (Lipinski definition) is 2. The summed E-state index contributed by atoms with van der Waals surface area (Å²) in [5, 5.41) is 0.376. The molecule has 0 heterocycles. The van der Waals surface area contributed by atoms with E-state index in [1.54, 1.807) is 13.0 Å². The predicted molar refractivity (Wildman–Crippen MR) is 71.6 cm³/mol. The average Bonchev–Trinajstić information content (AvgIpc) is 2.30. The molecule has 1 aromatic rings. The van der Waals surface area contributed by atoms with Gasteiger partial charge in [0.15, 0.2) is 0 Å². The van der Waals surface area contributed by atoms with E-state index in [-0.39, 0.29) is 30.3 Å². The Balaban J connectivity index is 0.00000289. The molecule has 0 bridgehead atoms. The second-order valence-corrected chi connectivity index (χ2v) is 3.89. The summed E-state index contributed by atoms with van der Waals surface area (Å²) >= 11 is 5.76. The first kappa shape index (κ1) is 17.0. The van der Waals surface area contributed by atoms with Crippen molar-refractivity contribution >= 4 is 35.7 Å². The third-order valence-electron chi connectivity index (χ3n) is 2.24. The topological polar surface area (TPSA) is 78.3 Å². The SMILES string of the molecule is CCOC(=O)C(F)[C@H](N)c1cc(Cl)ccc1N.Cl. The van der Waals surface area contributed by atoms with Crippen molar-refractivity contribution < 1.29 is 13.9 Å². The van der Waals surface area contributed by atoms with E-state index < -0.39 is 18.2 Å². The Labute approximate surface area is 116 Å². The lowest BCUT2D eigenvalue weighted by atomic mass is 10.0. The van der Waals surface area contributed by atoms with Crippen molar-refractivity contribution in [2.75, 3.05) is 12.3 Å². The molecule has 4 N–H and O–H groups in total. The van der Waals surface area contributed by atoms with E-state index >= 15 is 0 Å². The van der Waals surface area contributed by atoms with Gasteiger partial charge in [0.05, 0.1) is 12.6 Å². The summed E-state index contributed by atoms with van der Waals surface area (Å²) < 4.78 is 18.2. The molecule has 1 rings (SSSR count). The maximum atomic E-state index is 13.7. The van der Waals surface area contributed by atoms with Gasteiger partial charge in [-0.2, -0.15) is 0 Å². The third kappa shape index (κ3) is 4.01. The van der Waals surface area contributed by atoms with Crippen molar-refractivity contribution in [1.82, 2.24) is 0 Å². The van der Waals surface area contributed by atoms with Crippen molar-refractivity contribution in [2.24, 2.45) is 5.73 Å². The van der Waals surface area contributed by atoms with Gasteiger partial charge in [0.1, 0.15) is 0 Å². The highest BCUT2D eigenvalue weighted by molar-refractivity contribution is 6.30. The zero-order chi connectivity index (χ0) is 13.0. The van der Waals surface area contributed by atoms with Crippen molar-refractivity contribution in [1.29, 1.82) is 0 Å². The highest BCUT2D eigenvalue weighted by Gasteiger charge is 2.29. The van der Waals surface area contributed by atoms with Gasteiger partial charge in [-0.1, -0.05) is 11.6 Å². The molecular weight excluding hydrogens is 282 g/mol. The zero-order valence-electron chi connectivity index (χ0n) is 9.73. The highest BCUT2D eigenvalue weighted by atomic mass is 35.5. The molecule has 0 fully saturated rings. The summed E-state index contributed by atoms with van der Waals surface area (Å²) in [4.78, 5) is 11.2. The van der Waals surface area contributed by atoms with Gasteiger partial charge in [-0.3, -0.25) is 0 Å². The molecule has 0 spiro atoms. The molecule has 7 heteroatoms. The molecule has 18 heavy (non-hydrogen) atoms. The van der Waals surface area contributed by atoms with E-state index in [2.05, 4.69) is 4.74 Å². The number of nitrogens with two attached hydrogens (primary N) is 2. The lowest BCUT2D eigenvalue weighted by Gasteiger charge is -2.17. The minimum absolute atomic E-state index is 0. The minimum atomic E-state index is -1.96. The standard InChI is InChI=1S/C11H14ClFN2O2.ClH/c1-2-17-11(16)9(13)10(15)7-5-6(12)3-4-8(7)14;/h3-5,9-10H,2,14-15H2,1H3;1H/t9?,10-;/m1./s1. The number of halogens is 3. The van der Waals surface area contributed by atoms with Crippen LogP contribution in [0.15, 0.2) is 18.2 Å². The second kappa shape index (κ2) is 7.41. The zero-order valence-corrected chi connectivity index (χ0v) is 11.3. The van der Waals surface area contributed by atoms with Gasteiger partial charge in [-0.05, 0) is 30.7 Å². The number of hydrogen-bond acceptors (Lipinski definition) is 4. The summed E-state index contributed by atoms with van der Waals surface area (Å²) in [7, 11) is 0. The molecule has 0 amide bonds. The van der Waals surface area contributed by atoms with E-state index in [0.29, 0.717) is 5.02 Å². The van der Waals surface area contributed by atoms with Crippen LogP contribution in [-0.4, -0.2) is 18.7 Å². The Bertz CT molecular complexity index is 418. The molecule has 1 unspecified atom stereocenters. The Morgan fingerprint density at radius 3 is 2.72 bits per heavy atom. The molecule has 0 aliphatic carbocycles. The first-order valence-corrected chi connectivity index (χ1v) is 5.46. The van der Waals surface area contributed by atoms with E-state index in [0.717, 1.165) is 0 Å². The minimum Gasteiger partial charge on any atom is -0.464 e. The number of nitrogen functional groups attached to an aromatic ring is 1. The van der Waals surface area contributed by atoms with Crippen molar-refractivity contribution in [2.45, 2.75) is 19.1 Å². The first-order valence-electron chi connectivity index (χ1n) is 5.08. The van der Waals surface area contributed by atoms with Crippen LogP contribution >= 0.6 is 24.0 Å². The third-order valence-corrected chi connectivity index (χ3v) is 2.47. The predicted octanol–water partition coefficient (Wildman–Crippen LogP) is 2.24. The highest BCUT2D eigenvalue weighted by Crippen LogP contribution is 2.26. The van der Waals surface area contributed by atoms with Crippen LogP contribution in [0.5, 0.6) is 0 Å². The fourth-order valence-electron chi connectivity index (χ4n) is 1.36. The van der Waals surface area contributed by atoms with E-state index in [1.807, 2.05) is 0 Å². The number of anilines is 1. The summed E-state index contributed by atoms with van der Waals surface area (Å²) in [5.74, 6) is -1.00. The number of carbonyl (C=O) groups is 1. The van der Waals surface area contributed by atoms with Crippen LogP contribution in [0.3, 0.4) is 0 Å². The quantitative estimate of drug-likeness (QED) is 0.660. The largest absolute Gasteiger partial charge is 0.464 e. The molecular formula is C11H15Cl2FN2O2. The summed E-state index contributed by atoms with van der Waals surface area (Å²) in [5.41, 5.74) is 11.8. The van der Waals surface area contributed by atoms with Gasteiger partial charge in [-0.15, -0.1) is 12.4 Å². The van der Waals surface area contributed by atoms with Crippen LogP contribution in [0.25, 0.3) is 0 Å². The number of ether oxygens (including phenoxy) is 1. The number of esters is 1. The molecule has 1 aromatic carbocycles. The van der Waals surface area contributed by atoms with Crippen LogP contribution in [0.2, 0.25) is 5.02 Å². The smallest absolute Gasteiger partial charge is 0.342 e. The fourth-order valence-corrected chi connectivity index (χ4v) is 1.54. The van der Waals surface area contributed by atoms with Crippen molar-refractivity contribution in [3.05, 3.63) is 28.8 Å². The maximum Gasteiger partial charge on any atom is 0.342 e. The monoisotopic (exact) mass is 296 g/mol. The summed E-state index contributed by atoms with van der Waals surface area (Å²) in [6.45, 7) is 1.68. The molecule has 0 aliphatic heterocycles. The number of alkyl halides is 1. The Morgan fingerprint density at radius 1 is 1.56 bits per heavy atom. The maximum absolute atomic E-state index is 13.7. The molecule has 0 radical (unpaired) electrons. The molecule has 2 atom stereocenters. The Hall–Kier alpha value is -1.04. The molecule has 0 aromatic heterocycles. The van der Waals surface area contributed by atoms with Gasteiger partial charge in [-0.25, -0.2) is 9.18 Å². The molecule has 0 saturated carbocycles. The van der Waals surface area contributed by atoms with Gasteiger partial charge >= 0.3 is 5.97 Å². The molecule has 0 aliphatic rings. The number of benzene rings is 1. The first-order chi connectivity index (χ1) is 7.97. The summed E-state index contributed by atoms with van der Waals surface area (Å²) in [6, 6.07) is 3.32. The van der Waals surface area contributed by atoms with E-state index in [9.17, 15) is 9.18 Å². The Kier molecular flexibility index (Phi) is 6.98. The van der Waals surface area contributed by atoms with Crippen LogP contribution in [0.1, 0.15) is 18.5 Å². The normalized spacial score (nSPS) is 13.3. The van der Waals surface area contributed by atoms with Crippen LogP contribution in [-0.2, 0) is 9.53 Å². The van der Waals surface area contributed by atoms with Gasteiger partial charge < -0.3 is 16.2 Å². The Morgan fingerprint density at radius 2 is 2.17 bits per heavy atom. The van der Waals surface area contributed by atoms with Gasteiger partial charge in [0.25, 0.3) is 0 Å². The van der Waals surface area contributed by atoms with Crippen molar-refractivity contribution in [3.63, 3.8) is 0 Å².